The van der Waals surface area contributed by atoms with Crippen molar-refractivity contribution in [3.05, 3.63) is 29.3 Å². The summed E-state index contributed by atoms with van der Waals surface area (Å²) in [4.78, 5) is 14.1. The van der Waals surface area contributed by atoms with Gasteiger partial charge in [0.2, 0.25) is 0 Å². The van der Waals surface area contributed by atoms with Crippen molar-refractivity contribution in [1.29, 1.82) is 0 Å². The van der Waals surface area contributed by atoms with Gasteiger partial charge in [-0.1, -0.05) is 6.92 Å². The second-order valence-corrected chi connectivity index (χ2v) is 5.60. The summed E-state index contributed by atoms with van der Waals surface area (Å²) in [6.07, 6.45) is 1.28. The third-order valence-electron chi connectivity index (χ3n) is 3.26. The second-order valence-electron chi connectivity index (χ2n) is 5.60. The van der Waals surface area contributed by atoms with Gasteiger partial charge in [-0.25, -0.2) is 0 Å². The van der Waals surface area contributed by atoms with Crippen LogP contribution in [0.15, 0.2) is 18.2 Å². The maximum Gasteiger partial charge on any atom is 0.253 e. The zero-order valence-corrected chi connectivity index (χ0v) is 13.9. The predicted octanol–water partition coefficient (Wildman–Crippen LogP) is 3.31. The Bertz CT molecular complexity index is 458. The highest BCUT2D eigenvalue weighted by molar-refractivity contribution is 5.95. The molecule has 1 amide bonds. The molecule has 1 aromatic rings. The first-order valence-corrected chi connectivity index (χ1v) is 7.67. The summed E-state index contributed by atoms with van der Waals surface area (Å²) < 4.78 is 5.49. The molecule has 118 valence electrons. The number of aryl methyl sites for hydroxylation is 1. The average Bonchev–Trinajstić information content (AvgIpc) is 2.44. The van der Waals surface area contributed by atoms with Crippen LogP contribution >= 0.6 is 0 Å². The molecule has 21 heavy (non-hydrogen) atoms. The standard InChI is InChI=1S/C17H28N2O2/c1-6-9-18-15-7-8-16(14(4)12-15)17(20)19(5)10-11-21-13(2)3/h7-8,12-13,18H,6,9-11H2,1-5H3. The number of likely N-dealkylation sites (N-methyl/N-ethyl adjacent to an activating group) is 1. The summed E-state index contributed by atoms with van der Waals surface area (Å²) in [5.41, 5.74) is 2.82. The first-order valence-electron chi connectivity index (χ1n) is 7.67. The topological polar surface area (TPSA) is 41.6 Å². The summed E-state index contributed by atoms with van der Waals surface area (Å²) in [5.74, 6) is 0.0434. The number of carbonyl (C=O) groups excluding carboxylic acids is 1. The highest BCUT2D eigenvalue weighted by atomic mass is 16.5. The number of ether oxygens (including phenoxy) is 1. The van der Waals surface area contributed by atoms with Crippen LogP contribution in [0, 0.1) is 6.92 Å². The molecule has 1 N–H and O–H groups in total. The van der Waals surface area contributed by atoms with Crippen molar-refractivity contribution in [2.75, 3.05) is 32.1 Å². The van der Waals surface area contributed by atoms with Crippen molar-refractivity contribution in [3.63, 3.8) is 0 Å². The van der Waals surface area contributed by atoms with E-state index in [0.717, 1.165) is 29.8 Å². The monoisotopic (exact) mass is 292 g/mol. The summed E-state index contributed by atoms with van der Waals surface area (Å²) in [7, 11) is 1.81. The van der Waals surface area contributed by atoms with E-state index in [-0.39, 0.29) is 12.0 Å². The Morgan fingerprint density at radius 1 is 1.38 bits per heavy atom. The van der Waals surface area contributed by atoms with Crippen molar-refractivity contribution in [2.24, 2.45) is 0 Å². The van der Waals surface area contributed by atoms with Gasteiger partial charge in [0.1, 0.15) is 0 Å². The number of benzene rings is 1. The van der Waals surface area contributed by atoms with Gasteiger partial charge in [0.25, 0.3) is 5.91 Å². The summed E-state index contributed by atoms with van der Waals surface area (Å²) in [6.45, 7) is 10.2. The molecule has 0 saturated carbocycles. The van der Waals surface area contributed by atoms with E-state index in [1.807, 2.05) is 46.0 Å². The number of amides is 1. The maximum atomic E-state index is 12.4. The van der Waals surface area contributed by atoms with E-state index in [9.17, 15) is 4.79 Å². The number of nitrogens with zero attached hydrogens (tertiary/aromatic N) is 1. The van der Waals surface area contributed by atoms with E-state index in [1.165, 1.54) is 0 Å². The second kappa shape index (κ2) is 8.67. The lowest BCUT2D eigenvalue weighted by Crippen LogP contribution is -2.31. The molecule has 0 aromatic heterocycles. The first kappa shape index (κ1) is 17.5. The quantitative estimate of drug-likeness (QED) is 0.799. The van der Waals surface area contributed by atoms with E-state index in [4.69, 9.17) is 4.74 Å². The molecule has 0 aliphatic rings. The van der Waals surface area contributed by atoms with E-state index in [0.29, 0.717) is 13.2 Å². The van der Waals surface area contributed by atoms with Gasteiger partial charge < -0.3 is 15.0 Å². The molecule has 0 bridgehead atoms. The number of rotatable bonds is 8. The van der Waals surface area contributed by atoms with E-state index in [2.05, 4.69) is 12.2 Å². The Labute approximate surface area is 128 Å². The summed E-state index contributed by atoms with van der Waals surface area (Å²) in [5, 5.41) is 3.33. The number of nitrogens with one attached hydrogen (secondary N) is 1. The van der Waals surface area contributed by atoms with E-state index >= 15 is 0 Å². The summed E-state index contributed by atoms with van der Waals surface area (Å²) in [6, 6.07) is 5.89. The molecule has 0 fully saturated rings. The third-order valence-corrected chi connectivity index (χ3v) is 3.26. The fourth-order valence-electron chi connectivity index (χ4n) is 2.02. The minimum Gasteiger partial charge on any atom is -0.385 e. The molecular formula is C17H28N2O2. The van der Waals surface area contributed by atoms with Crippen LogP contribution < -0.4 is 5.32 Å². The summed E-state index contributed by atoms with van der Waals surface area (Å²) >= 11 is 0. The van der Waals surface area contributed by atoms with Crippen LogP contribution in [-0.4, -0.2) is 43.7 Å². The lowest BCUT2D eigenvalue weighted by molar-refractivity contribution is 0.0531. The molecular weight excluding hydrogens is 264 g/mol. The fourth-order valence-corrected chi connectivity index (χ4v) is 2.02. The van der Waals surface area contributed by atoms with Crippen LogP contribution in [0.25, 0.3) is 0 Å². The fraction of sp³-hybridized carbons (Fsp3) is 0.588. The highest BCUT2D eigenvalue weighted by Crippen LogP contribution is 2.16. The number of hydrogen-bond donors (Lipinski definition) is 1. The van der Waals surface area contributed by atoms with Gasteiger partial charge in [0.15, 0.2) is 0 Å². The van der Waals surface area contributed by atoms with Crippen LogP contribution in [0.3, 0.4) is 0 Å². The normalized spacial score (nSPS) is 10.8. The smallest absolute Gasteiger partial charge is 0.253 e. The van der Waals surface area contributed by atoms with E-state index in [1.54, 1.807) is 4.90 Å². The number of anilines is 1. The number of hydrogen-bond acceptors (Lipinski definition) is 3. The molecule has 1 rings (SSSR count). The van der Waals surface area contributed by atoms with Gasteiger partial charge in [-0.05, 0) is 51.0 Å². The van der Waals surface area contributed by atoms with Gasteiger partial charge in [0, 0.05) is 31.4 Å². The lowest BCUT2D eigenvalue weighted by atomic mass is 10.1. The molecule has 0 radical (unpaired) electrons. The lowest BCUT2D eigenvalue weighted by Gasteiger charge is -2.19. The van der Waals surface area contributed by atoms with Gasteiger partial charge in [0.05, 0.1) is 12.7 Å². The van der Waals surface area contributed by atoms with Gasteiger partial charge in [-0.2, -0.15) is 0 Å². The molecule has 0 aliphatic carbocycles. The number of carbonyl (C=O) groups is 1. The van der Waals surface area contributed by atoms with Crippen LogP contribution in [0.1, 0.15) is 43.1 Å². The Morgan fingerprint density at radius 2 is 2.10 bits per heavy atom. The SMILES string of the molecule is CCCNc1ccc(C(=O)N(C)CCOC(C)C)c(C)c1. The minimum absolute atomic E-state index is 0.0434. The Morgan fingerprint density at radius 3 is 2.67 bits per heavy atom. The zero-order chi connectivity index (χ0) is 15.8. The van der Waals surface area contributed by atoms with Crippen LogP contribution in [-0.2, 0) is 4.74 Å². The van der Waals surface area contributed by atoms with Crippen molar-refractivity contribution >= 4 is 11.6 Å². The molecule has 0 aliphatic heterocycles. The molecule has 4 heteroatoms. The van der Waals surface area contributed by atoms with E-state index < -0.39 is 0 Å². The molecule has 0 heterocycles. The zero-order valence-electron chi connectivity index (χ0n) is 13.9. The third kappa shape index (κ3) is 5.76. The molecule has 0 atom stereocenters. The Balaban J connectivity index is 2.64. The largest absolute Gasteiger partial charge is 0.385 e. The molecule has 4 nitrogen and oxygen atoms in total. The Hall–Kier alpha value is -1.55. The van der Waals surface area contributed by atoms with Gasteiger partial charge >= 0.3 is 0 Å². The highest BCUT2D eigenvalue weighted by Gasteiger charge is 2.14. The van der Waals surface area contributed by atoms with Crippen molar-refractivity contribution < 1.29 is 9.53 Å². The maximum absolute atomic E-state index is 12.4. The Kier molecular flexibility index (Phi) is 7.23. The van der Waals surface area contributed by atoms with Crippen LogP contribution in [0.4, 0.5) is 5.69 Å². The van der Waals surface area contributed by atoms with Crippen molar-refractivity contribution in [3.8, 4) is 0 Å². The average molecular weight is 292 g/mol. The predicted molar refractivity (Wildman–Crippen MR) is 88.0 cm³/mol. The van der Waals surface area contributed by atoms with Crippen LogP contribution in [0.2, 0.25) is 0 Å². The van der Waals surface area contributed by atoms with Gasteiger partial charge in [-0.3, -0.25) is 4.79 Å². The van der Waals surface area contributed by atoms with Gasteiger partial charge in [-0.15, -0.1) is 0 Å². The molecule has 1 aromatic carbocycles. The minimum atomic E-state index is 0.0434. The first-order chi connectivity index (χ1) is 9.95. The van der Waals surface area contributed by atoms with Crippen molar-refractivity contribution in [2.45, 2.75) is 40.2 Å². The molecule has 0 saturated heterocycles. The molecule has 0 spiro atoms. The van der Waals surface area contributed by atoms with Crippen LogP contribution in [0.5, 0.6) is 0 Å². The molecule has 0 unspecified atom stereocenters. The van der Waals surface area contributed by atoms with Crippen molar-refractivity contribution in [1.82, 2.24) is 4.90 Å².